The first-order valence-corrected chi connectivity index (χ1v) is 11.1. The van der Waals surface area contributed by atoms with E-state index < -0.39 is 55.6 Å². The van der Waals surface area contributed by atoms with Crippen molar-refractivity contribution >= 4 is 55.6 Å². The predicted molar refractivity (Wildman–Crippen MR) is 66.1 cm³/mol. The molecule has 0 amide bonds. The lowest BCUT2D eigenvalue weighted by atomic mass is 14.0. The first-order valence-electron chi connectivity index (χ1n) is 3.70. The van der Waals surface area contributed by atoms with Gasteiger partial charge in [-0.25, -0.2) is 0 Å². The Hall–Kier alpha value is -1.63. The van der Waals surface area contributed by atoms with E-state index >= 15 is 0 Å². The summed E-state index contributed by atoms with van der Waals surface area (Å²) in [4.78, 5) is 41.6. The average Bonchev–Trinajstić information content (AvgIpc) is 2.08. The van der Waals surface area contributed by atoms with Crippen LogP contribution in [0.5, 0.6) is 0 Å². The van der Waals surface area contributed by atoms with Gasteiger partial charge in [0, 0.05) is 0 Å². The van der Waals surface area contributed by atoms with E-state index in [0.29, 0.717) is 0 Å². The number of hydrogen-bond acceptors (Lipinski definition) is 7. The van der Waals surface area contributed by atoms with E-state index in [9.17, 15) is 24.6 Å². The van der Waals surface area contributed by atoms with Crippen molar-refractivity contribution in [3.05, 3.63) is 0 Å². The van der Waals surface area contributed by atoms with Gasteiger partial charge in [0.2, 0.25) is 0 Å². The highest BCUT2D eigenvalue weighted by atomic mass is 28.3. The van der Waals surface area contributed by atoms with Gasteiger partial charge in [0.15, 0.2) is 0 Å². The zero-order chi connectivity index (χ0) is 21.5. The number of rotatable bonds is 0. The van der Waals surface area contributed by atoms with Gasteiger partial charge in [-0.2, -0.15) is 24.6 Å². The van der Waals surface area contributed by atoms with Crippen LogP contribution in [0.2, 0.25) is 0 Å². The van der Waals surface area contributed by atoms with Crippen LogP contribution in [0.25, 0.3) is 0 Å². The molecule has 26 heavy (non-hydrogen) atoms. The lowest BCUT2D eigenvalue weighted by Crippen LogP contribution is -1.79. The third kappa shape index (κ3) is 3850. The topological polar surface area (TPSA) is 259 Å². The largest absolute Gasteiger partial charge is 0.734 e. The van der Waals surface area contributed by atoms with Crippen molar-refractivity contribution in [1.29, 1.82) is 0 Å². The second-order valence-corrected chi connectivity index (χ2v) is 4.55. The Morgan fingerprint density at radius 1 is 0.385 bits per heavy atom. The summed E-state index contributed by atoms with van der Waals surface area (Å²) in [7, 11) is -21.8. The van der Waals surface area contributed by atoms with Gasteiger partial charge in [-0.3, -0.25) is 31.5 Å². The van der Waals surface area contributed by atoms with Crippen molar-refractivity contribution in [3.63, 3.8) is 0 Å². The minimum absolute atomic E-state index is 0. The second kappa shape index (κ2) is 43.6. The van der Waals surface area contributed by atoms with Crippen molar-refractivity contribution in [2.45, 2.75) is 0 Å². The Morgan fingerprint density at radius 3 is 0.385 bits per heavy atom. The highest BCUT2D eigenvalue weighted by Gasteiger charge is 1.89. The third-order valence-electron chi connectivity index (χ3n) is 0. The van der Waals surface area contributed by atoms with Crippen LogP contribution in [0.1, 0.15) is 0 Å². The molecule has 0 bridgehead atoms. The van der Waals surface area contributed by atoms with Crippen LogP contribution in [-0.2, 0) is 26.8 Å². The molecule has 0 saturated heterocycles. The van der Waals surface area contributed by atoms with E-state index in [-0.39, 0.29) is 10.9 Å². The molecule has 0 unspecified atom stereocenters. The van der Waals surface area contributed by atoms with Gasteiger partial charge in [-0.1, -0.05) is 0 Å². The van der Waals surface area contributed by atoms with E-state index in [1.54, 1.807) is 0 Å². The molecule has 0 heterocycles. The van der Waals surface area contributed by atoms with E-state index in [0.717, 1.165) is 0 Å². The maximum absolute atomic E-state index is 10.1. The number of hydrogen-bond donors (Lipinski definition) is 7. The molecular weight excluding hydrogens is 507 g/mol. The zero-order valence-electron chi connectivity index (χ0n) is 11.5. The molecular formula is H10F7NO12Si6. The molecule has 0 spiro atoms. The molecule has 0 saturated carbocycles. The second-order valence-electron chi connectivity index (χ2n) is 1.52. The monoisotopic (exact) mass is 517 g/mol. The van der Waals surface area contributed by atoms with Crippen molar-refractivity contribution in [3.8, 4) is 0 Å². The van der Waals surface area contributed by atoms with Crippen LogP contribution in [0.3, 0.4) is 0 Å². The molecule has 13 nitrogen and oxygen atoms in total. The molecule has 0 rings (SSSR count). The molecule has 0 aliphatic heterocycles. The van der Waals surface area contributed by atoms with Crippen molar-refractivity contribution in [2.24, 2.45) is 0 Å². The van der Waals surface area contributed by atoms with Crippen LogP contribution >= 0.6 is 0 Å². The van der Waals surface area contributed by atoms with E-state index in [4.69, 9.17) is 55.5 Å². The minimum atomic E-state index is -3.63. The Bertz CT molecular complexity index is 275. The molecule has 0 aromatic rings. The van der Waals surface area contributed by atoms with Gasteiger partial charge in [0.25, 0.3) is 0 Å². The zero-order valence-corrected chi connectivity index (χ0v) is 17.5. The fraction of sp³-hybridized carbons (Fsp3) is 0. The van der Waals surface area contributed by atoms with Crippen LogP contribution < -0.4 is 6.15 Å². The third-order valence-corrected chi connectivity index (χ3v) is 0. The Morgan fingerprint density at radius 2 is 0.385 bits per heavy atom. The molecule has 0 fully saturated rings. The summed E-state index contributed by atoms with van der Waals surface area (Å²) in [5.41, 5.74) is 0. The van der Waals surface area contributed by atoms with Gasteiger partial charge < -0.3 is 34.9 Å². The molecule has 9 N–H and O–H groups in total. The average molecular weight is 518 g/mol. The van der Waals surface area contributed by atoms with Crippen LogP contribution in [0, 0.1) is 0 Å². The molecule has 0 aliphatic carbocycles. The van der Waals surface area contributed by atoms with Gasteiger partial charge >= 0.3 is 55.6 Å². The fourth-order valence-electron chi connectivity index (χ4n) is 0. The first kappa shape index (κ1) is 49.7. The molecule has 26 heteroatoms. The summed E-state index contributed by atoms with van der Waals surface area (Å²) in [6.45, 7) is 0. The Kier molecular flexibility index (Phi) is 83.4. The van der Waals surface area contributed by atoms with Crippen LogP contribution in [-0.4, -0.2) is 84.3 Å². The lowest BCUT2D eigenvalue weighted by Gasteiger charge is -1.49. The normalized spacial score (nSPS) is 5.77. The van der Waals surface area contributed by atoms with Crippen LogP contribution in [0.15, 0.2) is 0 Å². The van der Waals surface area contributed by atoms with E-state index in [1.165, 1.54) is 0 Å². The minimum Gasteiger partial charge on any atom is -0.517 e. The van der Waals surface area contributed by atoms with Gasteiger partial charge in [-0.15, -0.1) is 0 Å². The number of halogens is 7. The first-order chi connectivity index (χ1) is 10.4. The Balaban J connectivity index is -0.0000000245. The Labute approximate surface area is 147 Å². The predicted octanol–water partition coefficient (Wildman–Crippen LogP) is -3.50. The maximum atomic E-state index is 10.1. The smallest absolute Gasteiger partial charge is 0.517 e. The van der Waals surface area contributed by atoms with Gasteiger partial charge in [-0.05, 0) is 0 Å². The molecule has 0 aromatic carbocycles. The molecule has 0 radical (unpaired) electrons. The van der Waals surface area contributed by atoms with Gasteiger partial charge in [0.05, 0.1) is 0 Å². The fourth-order valence-corrected chi connectivity index (χ4v) is 0. The molecule has 0 aromatic heterocycles. The van der Waals surface area contributed by atoms with E-state index in [2.05, 4.69) is 0 Å². The summed E-state index contributed by atoms with van der Waals surface area (Å²) < 4.78 is 112. The molecule has 0 atom stereocenters. The highest BCUT2D eigenvalue weighted by molar-refractivity contribution is 6.24. The van der Waals surface area contributed by atoms with Crippen molar-refractivity contribution in [2.75, 3.05) is 0 Å². The lowest BCUT2D eigenvalue weighted by molar-refractivity contribution is 0.388. The summed E-state index contributed by atoms with van der Waals surface area (Å²) in [6.07, 6.45) is 0. The van der Waals surface area contributed by atoms with Crippen LogP contribution in [0.4, 0.5) is 29.4 Å². The van der Waals surface area contributed by atoms with Crippen molar-refractivity contribution < 1.29 is 84.9 Å². The molecule has 0 aliphatic rings. The summed E-state index contributed by atoms with van der Waals surface area (Å²) in [5.74, 6) is 0. The highest BCUT2D eigenvalue weighted by Crippen LogP contribution is 1.48. The van der Waals surface area contributed by atoms with Gasteiger partial charge in [0.1, 0.15) is 0 Å². The van der Waals surface area contributed by atoms with Crippen molar-refractivity contribution in [1.82, 2.24) is 6.15 Å². The van der Waals surface area contributed by atoms with E-state index in [1.807, 2.05) is 0 Å². The quantitative estimate of drug-likeness (QED) is 0.0935. The SMILES string of the molecule is F.N.O=[Si](O)F.O=[Si](O)F.O=[Si](O)F.O=[Si](O)F.O=[Si](O)F.O=[Si](O)F. The summed E-state index contributed by atoms with van der Waals surface area (Å²) in [6, 6.07) is 0. The summed E-state index contributed by atoms with van der Waals surface area (Å²) in [5, 5.41) is 0. The standard InChI is InChI=1S/6FHO2Si.FH.H3N/c6*1-4(2)3;;/h6*2H;1H;1H3. The molecule has 160 valence electrons. The maximum Gasteiger partial charge on any atom is 0.734 e. The summed E-state index contributed by atoms with van der Waals surface area (Å²) >= 11 is 0.